The zero-order valence-electron chi connectivity index (χ0n) is 10.3. The average Bonchev–Trinajstić information content (AvgIpc) is 2.87. The summed E-state index contributed by atoms with van der Waals surface area (Å²) in [5, 5.41) is 5.11. The van der Waals surface area contributed by atoms with Gasteiger partial charge < -0.3 is 0 Å². The van der Waals surface area contributed by atoms with E-state index in [4.69, 9.17) is 34.8 Å². The summed E-state index contributed by atoms with van der Waals surface area (Å²) in [7, 11) is 0. The first-order chi connectivity index (χ1) is 10.1. The molecule has 0 fully saturated rings. The fourth-order valence-electron chi connectivity index (χ4n) is 1.88. The van der Waals surface area contributed by atoms with Crippen LogP contribution in [0.5, 0.6) is 0 Å². The Kier molecular flexibility index (Phi) is 3.85. The van der Waals surface area contributed by atoms with E-state index < -0.39 is 5.82 Å². The third-order valence-electron chi connectivity index (χ3n) is 2.81. The van der Waals surface area contributed by atoms with Crippen LogP contribution in [0.25, 0.3) is 17.1 Å². The molecule has 0 spiro atoms. The summed E-state index contributed by atoms with van der Waals surface area (Å²) in [4.78, 5) is 4.02. The van der Waals surface area contributed by atoms with E-state index in [0.29, 0.717) is 26.5 Å². The number of rotatable bonds is 2. The molecule has 0 aliphatic rings. The molecule has 0 saturated heterocycles. The van der Waals surface area contributed by atoms with Crippen molar-refractivity contribution in [1.29, 1.82) is 0 Å². The van der Waals surface area contributed by atoms with E-state index in [1.165, 1.54) is 16.8 Å². The van der Waals surface area contributed by atoms with Crippen LogP contribution in [0.1, 0.15) is 0 Å². The van der Waals surface area contributed by atoms with Crippen LogP contribution in [0.2, 0.25) is 15.1 Å². The van der Waals surface area contributed by atoms with E-state index >= 15 is 0 Å². The second-order valence-electron chi connectivity index (χ2n) is 4.17. The molecule has 0 atom stereocenters. The van der Waals surface area contributed by atoms with Gasteiger partial charge in [0.2, 0.25) is 6.33 Å². The maximum absolute atomic E-state index is 14.0. The molecule has 0 N–H and O–H groups in total. The minimum absolute atomic E-state index is 0.203. The third-order valence-corrected chi connectivity index (χ3v) is 3.59. The second-order valence-corrected chi connectivity index (χ2v) is 5.45. The van der Waals surface area contributed by atoms with Gasteiger partial charge in [0.15, 0.2) is 5.82 Å². The van der Waals surface area contributed by atoms with Crippen LogP contribution in [0, 0.1) is 12.1 Å². The van der Waals surface area contributed by atoms with Crippen LogP contribution in [-0.2, 0) is 0 Å². The van der Waals surface area contributed by atoms with Crippen LogP contribution in [0.15, 0.2) is 36.4 Å². The van der Waals surface area contributed by atoms with Gasteiger partial charge in [0.1, 0.15) is 11.5 Å². The van der Waals surface area contributed by atoms with Gasteiger partial charge in [-0.25, -0.2) is 14.1 Å². The predicted molar refractivity (Wildman–Crippen MR) is 80.6 cm³/mol. The number of hydrogen-bond donors (Lipinski definition) is 0. The lowest BCUT2D eigenvalue weighted by molar-refractivity contribution is 0.611. The Morgan fingerprint density at radius 2 is 1.71 bits per heavy atom. The Labute approximate surface area is 134 Å². The van der Waals surface area contributed by atoms with E-state index in [1.807, 2.05) is 0 Å². The van der Waals surface area contributed by atoms with Gasteiger partial charge in [-0.3, -0.25) is 0 Å². The first kappa shape index (κ1) is 14.3. The number of benzene rings is 2. The van der Waals surface area contributed by atoms with E-state index in [2.05, 4.69) is 16.4 Å². The zero-order valence-corrected chi connectivity index (χ0v) is 12.6. The first-order valence-corrected chi connectivity index (χ1v) is 6.93. The molecule has 3 aromatic rings. The molecule has 0 amide bonds. The molecular weight excluding hydrogens is 336 g/mol. The SMILES string of the molecule is Fc1cc(Cl)ccc1-n1n[c]nc1-c1ccc(Cl)cc1Cl. The van der Waals surface area contributed by atoms with Crippen LogP contribution in [0.4, 0.5) is 4.39 Å². The van der Waals surface area contributed by atoms with Gasteiger partial charge in [0.05, 0.1) is 5.02 Å². The minimum Gasteiger partial charge on any atom is -0.209 e. The second kappa shape index (κ2) is 5.64. The van der Waals surface area contributed by atoms with Crippen LogP contribution < -0.4 is 0 Å². The highest BCUT2D eigenvalue weighted by atomic mass is 35.5. The largest absolute Gasteiger partial charge is 0.221 e. The Bertz CT molecular complexity index is 751. The van der Waals surface area contributed by atoms with Gasteiger partial charge in [-0.05, 0) is 36.4 Å². The first-order valence-electron chi connectivity index (χ1n) is 5.80. The predicted octanol–water partition coefficient (Wildman–Crippen LogP) is 4.83. The van der Waals surface area contributed by atoms with Crippen molar-refractivity contribution in [2.24, 2.45) is 0 Å². The summed E-state index contributed by atoms with van der Waals surface area (Å²) < 4.78 is 15.3. The van der Waals surface area contributed by atoms with E-state index in [0.717, 1.165) is 0 Å². The molecule has 2 aromatic carbocycles. The molecule has 3 rings (SSSR count). The fraction of sp³-hybridized carbons (Fsp3) is 0. The van der Waals surface area contributed by atoms with E-state index in [1.54, 1.807) is 24.3 Å². The highest BCUT2D eigenvalue weighted by Crippen LogP contribution is 2.30. The maximum Gasteiger partial charge on any atom is 0.221 e. The Morgan fingerprint density at radius 3 is 2.43 bits per heavy atom. The summed E-state index contributed by atoms with van der Waals surface area (Å²) in [6, 6.07) is 9.21. The third kappa shape index (κ3) is 2.75. The molecule has 1 heterocycles. The van der Waals surface area contributed by atoms with Crippen molar-refractivity contribution in [2.75, 3.05) is 0 Å². The molecule has 0 bridgehead atoms. The molecule has 7 heteroatoms. The highest BCUT2D eigenvalue weighted by molar-refractivity contribution is 6.36. The quantitative estimate of drug-likeness (QED) is 0.668. The number of nitrogens with zero attached hydrogens (tertiary/aromatic N) is 3. The van der Waals surface area contributed by atoms with Gasteiger partial charge in [0, 0.05) is 15.6 Å². The number of halogens is 4. The van der Waals surface area contributed by atoms with Crippen molar-refractivity contribution >= 4 is 34.8 Å². The molecule has 0 unspecified atom stereocenters. The molecule has 1 radical (unpaired) electrons. The van der Waals surface area contributed by atoms with Crippen LogP contribution in [-0.4, -0.2) is 14.8 Å². The fourth-order valence-corrected chi connectivity index (χ4v) is 2.53. The van der Waals surface area contributed by atoms with Crippen molar-refractivity contribution in [2.45, 2.75) is 0 Å². The molecule has 1 aromatic heterocycles. The van der Waals surface area contributed by atoms with Crippen LogP contribution in [0.3, 0.4) is 0 Å². The standard InChI is InChI=1S/C14H6Cl3FN3/c15-8-1-3-10(11(17)5-8)14-19-7-20-21(14)13-4-2-9(16)6-12(13)18/h1-6H. The van der Waals surface area contributed by atoms with Gasteiger partial charge in [-0.15, -0.1) is 5.10 Å². The lowest BCUT2D eigenvalue weighted by Gasteiger charge is -2.08. The number of hydrogen-bond acceptors (Lipinski definition) is 2. The van der Waals surface area contributed by atoms with Gasteiger partial charge >= 0.3 is 0 Å². The zero-order chi connectivity index (χ0) is 15.0. The van der Waals surface area contributed by atoms with Crippen molar-refractivity contribution < 1.29 is 4.39 Å². The summed E-state index contributed by atoms with van der Waals surface area (Å²) >= 11 is 17.8. The maximum atomic E-state index is 14.0. The molecule has 3 nitrogen and oxygen atoms in total. The highest BCUT2D eigenvalue weighted by Gasteiger charge is 2.16. The summed E-state index contributed by atoms with van der Waals surface area (Å²) in [5.41, 5.74) is 0.776. The van der Waals surface area contributed by atoms with Crippen molar-refractivity contribution in [3.63, 3.8) is 0 Å². The van der Waals surface area contributed by atoms with Crippen molar-refractivity contribution in [3.05, 3.63) is 63.6 Å². The molecule has 0 aliphatic carbocycles. The van der Waals surface area contributed by atoms with Crippen LogP contribution >= 0.6 is 34.8 Å². The van der Waals surface area contributed by atoms with E-state index in [-0.39, 0.29) is 5.69 Å². The Morgan fingerprint density at radius 1 is 1.00 bits per heavy atom. The average molecular weight is 342 g/mol. The minimum atomic E-state index is -0.521. The number of aromatic nitrogens is 3. The smallest absolute Gasteiger partial charge is 0.209 e. The molecule has 21 heavy (non-hydrogen) atoms. The molecule has 0 saturated carbocycles. The van der Waals surface area contributed by atoms with E-state index in [9.17, 15) is 4.39 Å². The van der Waals surface area contributed by atoms with Crippen molar-refractivity contribution in [1.82, 2.24) is 14.8 Å². The lowest BCUT2D eigenvalue weighted by Crippen LogP contribution is -2.02. The Hall–Kier alpha value is -1.62. The normalized spacial score (nSPS) is 10.9. The van der Waals surface area contributed by atoms with Gasteiger partial charge in [0.25, 0.3) is 0 Å². The van der Waals surface area contributed by atoms with Gasteiger partial charge in [-0.2, -0.15) is 0 Å². The molecule has 0 aliphatic heterocycles. The monoisotopic (exact) mass is 340 g/mol. The summed E-state index contributed by atoms with van der Waals surface area (Å²) in [5.74, 6) is -0.161. The summed E-state index contributed by atoms with van der Waals surface area (Å²) in [6.07, 6.45) is 2.45. The molecule has 105 valence electrons. The Balaban J connectivity index is 2.17. The molecular formula is C14H6Cl3FN3. The topological polar surface area (TPSA) is 30.7 Å². The lowest BCUT2D eigenvalue weighted by atomic mass is 10.2. The summed E-state index contributed by atoms with van der Waals surface area (Å²) in [6.45, 7) is 0. The van der Waals surface area contributed by atoms with Crippen molar-refractivity contribution in [3.8, 4) is 17.1 Å². The van der Waals surface area contributed by atoms with Gasteiger partial charge in [-0.1, -0.05) is 34.8 Å².